The molecule has 1 aromatic heterocycles. The summed E-state index contributed by atoms with van der Waals surface area (Å²) < 4.78 is 11.4. The van der Waals surface area contributed by atoms with E-state index in [1.165, 1.54) is 18.3 Å². The van der Waals surface area contributed by atoms with E-state index in [0.717, 1.165) is 22.3 Å². The molecule has 0 amide bonds. The van der Waals surface area contributed by atoms with E-state index in [9.17, 15) is 20.5 Å². The van der Waals surface area contributed by atoms with Gasteiger partial charge in [-0.05, 0) is 32.4 Å². The maximum Gasteiger partial charge on any atom is 0.315 e. The van der Waals surface area contributed by atoms with Gasteiger partial charge in [-0.1, -0.05) is 59.7 Å². The first-order chi connectivity index (χ1) is 17.3. The third-order valence-corrected chi connectivity index (χ3v) is 5.56. The van der Waals surface area contributed by atoms with E-state index in [1.807, 2.05) is 62.4 Å². The van der Waals surface area contributed by atoms with Crippen LogP contribution in [0.3, 0.4) is 0 Å². The normalized spacial score (nSPS) is 10.9. The second-order valence-electron chi connectivity index (χ2n) is 8.17. The largest absolute Gasteiger partial charge is 0.500 e. The van der Waals surface area contributed by atoms with Crippen LogP contribution in [-0.2, 0) is 0 Å². The van der Waals surface area contributed by atoms with Crippen molar-refractivity contribution < 1.29 is 19.2 Å². The maximum atomic E-state index is 11.4. The highest BCUT2D eigenvalue weighted by Gasteiger charge is 2.23. The summed E-state index contributed by atoms with van der Waals surface area (Å²) in [6, 6.07) is 20.3. The van der Waals surface area contributed by atoms with Crippen LogP contribution in [0.25, 0.3) is 22.5 Å². The Kier molecular flexibility index (Phi) is 6.84. The molecule has 0 saturated heterocycles. The molecule has 0 aliphatic carbocycles. The lowest BCUT2D eigenvalue weighted by Crippen LogP contribution is -1.97. The Labute approximate surface area is 207 Å². The van der Waals surface area contributed by atoms with E-state index in [4.69, 9.17) is 9.15 Å². The summed E-state index contributed by atoms with van der Waals surface area (Å²) in [5, 5.41) is 31.6. The van der Waals surface area contributed by atoms with Crippen molar-refractivity contribution in [3.63, 3.8) is 0 Å². The van der Waals surface area contributed by atoms with Crippen molar-refractivity contribution in [2.24, 2.45) is 4.99 Å². The second kappa shape index (κ2) is 10.2. The number of nitro benzene ring substituents is 1. The van der Waals surface area contributed by atoms with E-state index in [0.29, 0.717) is 16.9 Å². The van der Waals surface area contributed by atoms with Crippen LogP contribution in [0.4, 0.5) is 11.6 Å². The fourth-order valence-electron chi connectivity index (χ4n) is 3.74. The highest BCUT2D eigenvalue weighted by Crippen LogP contribution is 2.43. The number of phenolic OH excluding ortho intramolecular Hbond substituents is 1. The lowest BCUT2D eigenvalue weighted by Gasteiger charge is -2.07. The highest BCUT2D eigenvalue weighted by molar-refractivity contribution is 5.90. The number of nitrogens with zero attached hydrogens (tertiary/aromatic N) is 3. The molecule has 0 radical (unpaired) electrons. The van der Waals surface area contributed by atoms with E-state index in [1.54, 1.807) is 6.92 Å². The quantitative estimate of drug-likeness (QED) is 0.175. The molecule has 1 heterocycles. The molecule has 36 heavy (non-hydrogen) atoms. The van der Waals surface area contributed by atoms with Gasteiger partial charge in [0.05, 0.1) is 11.5 Å². The smallest absolute Gasteiger partial charge is 0.315 e. The molecule has 8 heteroatoms. The second-order valence-corrected chi connectivity index (χ2v) is 8.17. The van der Waals surface area contributed by atoms with Gasteiger partial charge in [-0.15, -0.1) is 0 Å². The fourth-order valence-corrected chi connectivity index (χ4v) is 3.74. The van der Waals surface area contributed by atoms with Crippen LogP contribution in [0.1, 0.15) is 29.2 Å². The molecule has 0 atom stereocenters. The number of nitriles is 1. The molecule has 4 aromatic rings. The number of phenols is 1. The van der Waals surface area contributed by atoms with E-state index in [-0.39, 0.29) is 23.8 Å². The molecule has 0 fully saturated rings. The van der Waals surface area contributed by atoms with Crippen LogP contribution in [0.5, 0.6) is 11.5 Å². The minimum absolute atomic E-state index is 0.0335. The SMILES string of the molecule is CCOc1cc(C=Nc2oc(-c3ccc(C)cc3)c(-c3ccc(C)cc3)c2C#N)cc([N+](=O)[O-])c1O. The number of benzene rings is 3. The van der Waals surface area contributed by atoms with Crippen LogP contribution in [-0.4, -0.2) is 22.9 Å². The summed E-state index contributed by atoms with van der Waals surface area (Å²) in [7, 11) is 0. The first-order valence-corrected chi connectivity index (χ1v) is 11.2. The summed E-state index contributed by atoms with van der Waals surface area (Å²) in [5.41, 5.74) is 4.39. The molecule has 180 valence electrons. The molecule has 1 N–H and O–H groups in total. The predicted molar refractivity (Wildman–Crippen MR) is 137 cm³/mol. The van der Waals surface area contributed by atoms with Crippen LogP contribution >= 0.6 is 0 Å². The Morgan fingerprint density at radius 3 is 2.25 bits per heavy atom. The minimum Gasteiger partial charge on any atom is -0.500 e. The summed E-state index contributed by atoms with van der Waals surface area (Å²) in [5.74, 6) is -0.0293. The maximum absolute atomic E-state index is 11.4. The van der Waals surface area contributed by atoms with Gasteiger partial charge in [0.25, 0.3) is 0 Å². The zero-order valence-electron chi connectivity index (χ0n) is 20.0. The molecule has 3 aromatic carbocycles. The lowest BCUT2D eigenvalue weighted by molar-refractivity contribution is -0.386. The first kappa shape index (κ1) is 24.2. The molecule has 8 nitrogen and oxygen atoms in total. The predicted octanol–water partition coefficient (Wildman–Crippen LogP) is 6.87. The van der Waals surface area contributed by atoms with Crippen molar-refractivity contribution in [2.75, 3.05) is 6.61 Å². The Balaban J connectivity index is 1.87. The Morgan fingerprint density at radius 1 is 1.08 bits per heavy atom. The standard InChI is InChI=1S/C28H23N3O5/c1-4-35-24-14-19(13-23(26(24)32)31(33)34)16-30-28-22(15-29)25(20-9-5-17(2)6-10-20)27(36-28)21-11-7-18(3)8-12-21/h5-14,16,32H,4H2,1-3H3. The number of rotatable bonds is 7. The highest BCUT2D eigenvalue weighted by atomic mass is 16.6. The number of hydrogen-bond donors (Lipinski definition) is 1. The molecule has 0 aliphatic heterocycles. The summed E-state index contributed by atoms with van der Waals surface area (Å²) >= 11 is 0. The third-order valence-electron chi connectivity index (χ3n) is 5.56. The number of furan rings is 1. The van der Waals surface area contributed by atoms with Crippen LogP contribution < -0.4 is 4.74 Å². The van der Waals surface area contributed by atoms with Crippen molar-refractivity contribution in [3.05, 3.63) is 93.0 Å². The van der Waals surface area contributed by atoms with Gasteiger partial charge in [-0.2, -0.15) is 5.26 Å². The Bertz CT molecular complexity index is 1490. The number of aromatic hydroxyl groups is 1. The molecular weight excluding hydrogens is 458 g/mol. The van der Waals surface area contributed by atoms with Crippen molar-refractivity contribution in [1.29, 1.82) is 5.26 Å². The van der Waals surface area contributed by atoms with Crippen molar-refractivity contribution in [1.82, 2.24) is 0 Å². The van der Waals surface area contributed by atoms with Crippen molar-refractivity contribution >= 4 is 17.8 Å². The van der Waals surface area contributed by atoms with Gasteiger partial charge in [-0.25, -0.2) is 4.99 Å². The number of nitro groups is 1. The van der Waals surface area contributed by atoms with Crippen LogP contribution in [0.2, 0.25) is 0 Å². The van der Waals surface area contributed by atoms with Crippen LogP contribution in [0.15, 0.2) is 70.1 Å². The summed E-state index contributed by atoms with van der Waals surface area (Å²) in [4.78, 5) is 15.1. The van der Waals surface area contributed by atoms with Gasteiger partial charge < -0.3 is 14.3 Å². The zero-order valence-corrected chi connectivity index (χ0v) is 20.0. The monoisotopic (exact) mass is 481 g/mol. The average molecular weight is 482 g/mol. The minimum atomic E-state index is -0.701. The van der Waals surface area contributed by atoms with E-state index >= 15 is 0 Å². The van der Waals surface area contributed by atoms with Gasteiger partial charge in [-0.3, -0.25) is 10.1 Å². The molecule has 0 aliphatic rings. The molecule has 0 unspecified atom stereocenters. The van der Waals surface area contributed by atoms with E-state index in [2.05, 4.69) is 11.1 Å². The van der Waals surface area contributed by atoms with Gasteiger partial charge >= 0.3 is 5.69 Å². The molecule has 0 saturated carbocycles. The number of aryl methyl sites for hydroxylation is 2. The average Bonchev–Trinajstić information content (AvgIpc) is 3.23. The van der Waals surface area contributed by atoms with Gasteiger partial charge in [0.1, 0.15) is 17.4 Å². The lowest BCUT2D eigenvalue weighted by atomic mass is 9.97. The fraction of sp³-hybridized carbons (Fsp3) is 0.143. The van der Waals surface area contributed by atoms with E-state index < -0.39 is 16.4 Å². The number of ether oxygens (including phenoxy) is 1. The third kappa shape index (κ3) is 4.81. The van der Waals surface area contributed by atoms with Gasteiger partial charge in [0, 0.05) is 29.0 Å². The molecule has 0 bridgehead atoms. The van der Waals surface area contributed by atoms with Crippen LogP contribution in [0, 0.1) is 35.3 Å². The molecular formula is C28H23N3O5. The summed E-state index contributed by atoms with van der Waals surface area (Å²) in [6.45, 7) is 5.88. The molecule has 4 rings (SSSR count). The van der Waals surface area contributed by atoms with Crippen molar-refractivity contribution in [3.8, 4) is 40.0 Å². The number of aliphatic imine (C=N–C) groups is 1. The Morgan fingerprint density at radius 2 is 1.69 bits per heavy atom. The van der Waals surface area contributed by atoms with Gasteiger partial charge in [0.2, 0.25) is 11.6 Å². The summed E-state index contributed by atoms with van der Waals surface area (Å²) in [6.07, 6.45) is 1.34. The Hall–Kier alpha value is -4.90. The topological polar surface area (TPSA) is 122 Å². The van der Waals surface area contributed by atoms with Gasteiger partial charge in [0.15, 0.2) is 5.75 Å². The molecule has 0 spiro atoms. The van der Waals surface area contributed by atoms with Crippen molar-refractivity contribution in [2.45, 2.75) is 20.8 Å². The number of hydrogen-bond acceptors (Lipinski definition) is 7. The zero-order chi connectivity index (χ0) is 25.8. The first-order valence-electron chi connectivity index (χ1n) is 11.2.